The van der Waals surface area contributed by atoms with E-state index in [1.54, 1.807) is 48.5 Å². The lowest BCUT2D eigenvalue weighted by Crippen LogP contribution is -2.44. The Morgan fingerprint density at radius 3 is 2.18 bits per heavy atom. The maximum Gasteiger partial charge on any atom is 0.335 e. The number of Topliss-reactive ketones (excluding diaryl/α,β-unsaturated/α-hetero) is 1. The van der Waals surface area contributed by atoms with Gasteiger partial charge in [0.05, 0.1) is 13.0 Å². The maximum atomic E-state index is 13.3. The molecule has 0 radical (unpaired) electrons. The van der Waals surface area contributed by atoms with Crippen molar-refractivity contribution in [2.24, 2.45) is 5.92 Å². The molecule has 6 heteroatoms. The summed E-state index contributed by atoms with van der Waals surface area (Å²) in [5.41, 5.74) is 1.78. The van der Waals surface area contributed by atoms with Crippen molar-refractivity contribution in [3.8, 4) is 5.75 Å². The lowest BCUT2D eigenvalue weighted by Gasteiger charge is -2.38. The molecule has 0 unspecified atom stereocenters. The average molecular weight is 444 g/mol. The smallest absolute Gasteiger partial charge is 0.335 e. The fourth-order valence-corrected chi connectivity index (χ4v) is 4.51. The van der Waals surface area contributed by atoms with Gasteiger partial charge in [0.15, 0.2) is 11.9 Å². The van der Waals surface area contributed by atoms with Crippen LogP contribution in [-0.2, 0) is 14.3 Å². The van der Waals surface area contributed by atoms with Gasteiger partial charge < -0.3 is 14.6 Å². The highest BCUT2D eigenvalue weighted by molar-refractivity contribution is 5.97. The van der Waals surface area contributed by atoms with Gasteiger partial charge in [-0.25, -0.2) is 4.79 Å². The van der Waals surface area contributed by atoms with Crippen LogP contribution in [0, 0.1) is 5.92 Å². The van der Waals surface area contributed by atoms with E-state index in [1.165, 1.54) is 7.11 Å². The summed E-state index contributed by atoms with van der Waals surface area (Å²) >= 11 is 0. The van der Waals surface area contributed by atoms with Gasteiger partial charge in [-0.3, -0.25) is 9.59 Å². The van der Waals surface area contributed by atoms with Crippen LogP contribution in [0.3, 0.4) is 0 Å². The summed E-state index contributed by atoms with van der Waals surface area (Å²) in [4.78, 5) is 38.9. The second-order valence-electron chi connectivity index (χ2n) is 7.99. The number of esters is 2. The van der Waals surface area contributed by atoms with E-state index in [0.29, 0.717) is 11.1 Å². The van der Waals surface area contributed by atoms with Gasteiger partial charge in [-0.2, -0.15) is 0 Å². The van der Waals surface area contributed by atoms with Gasteiger partial charge in [0, 0.05) is 29.4 Å². The second-order valence-corrected chi connectivity index (χ2v) is 7.99. The van der Waals surface area contributed by atoms with E-state index >= 15 is 0 Å². The number of hydrogen-bond acceptors (Lipinski definition) is 6. The van der Waals surface area contributed by atoms with Gasteiger partial charge in [-0.05, 0) is 11.6 Å². The summed E-state index contributed by atoms with van der Waals surface area (Å²) in [6.07, 6.45) is -1.60. The highest BCUT2D eigenvalue weighted by Crippen LogP contribution is 2.47. The van der Waals surface area contributed by atoms with Crippen LogP contribution in [0.1, 0.15) is 39.7 Å². The van der Waals surface area contributed by atoms with Crippen LogP contribution >= 0.6 is 0 Å². The molecule has 1 heterocycles. The van der Waals surface area contributed by atoms with Crippen molar-refractivity contribution in [1.29, 1.82) is 0 Å². The number of rotatable bonds is 7. The predicted octanol–water partition coefficient (Wildman–Crippen LogP) is 3.90. The van der Waals surface area contributed by atoms with Crippen LogP contribution in [0.4, 0.5) is 0 Å². The van der Waals surface area contributed by atoms with E-state index < -0.39 is 35.8 Å². The first kappa shape index (κ1) is 22.4. The lowest BCUT2D eigenvalue weighted by molar-refractivity contribution is -0.156. The van der Waals surface area contributed by atoms with Crippen molar-refractivity contribution in [2.75, 3.05) is 7.11 Å². The minimum absolute atomic E-state index is 0.000350. The van der Waals surface area contributed by atoms with Gasteiger partial charge in [-0.1, -0.05) is 78.9 Å². The maximum absolute atomic E-state index is 13.3. The number of benzene rings is 3. The molecule has 3 aromatic rings. The first-order valence-corrected chi connectivity index (χ1v) is 10.7. The van der Waals surface area contributed by atoms with Crippen molar-refractivity contribution in [3.05, 3.63) is 102 Å². The SMILES string of the molecule is COC(=O)[C@H](O)[C@H]1c2ccccc2OC(=O)[C@@H]1[C@@H](CC(=O)c1ccccc1)c1ccccc1. The minimum Gasteiger partial charge on any atom is -0.467 e. The van der Waals surface area contributed by atoms with E-state index in [1.807, 2.05) is 36.4 Å². The number of aliphatic hydroxyl groups excluding tert-OH is 1. The lowest BCUT2D eigenvalue weighted by atomic mass is 9.69. The van der Waals surface area contributed by atoms with E-state index in [2.05, 4.69) is 0 Å². The van der Waals surface area contributed by atoms with Gasteiger partial charge in [-0.15, -0.1) is 0 Å². The summed E-state index contributed by atoms with van der Waals surface area (Å²) in [5.74, 6) is -3.88. The van der Waals surface area contributed by atoms with Gasteiger partial charge in [0.2, 0.25) is 0 Å². The summed E-state index contributed by atoms with van der Waals surface area (Å²) in [5, 5.41) is 11.0. The highest BCUT2D eigenvalue weighted by atomic mass is 16.5. The third kappa shape index (κ3) is 4.56. The zero-order chi connectivity index (χ0) is 23.4. The summed E-state index contributed by atoms with van der Waals surface area (Å²) < 4.78 is 10.4. The molecule has 6 nitrogen and oxygen atoms in total. The highest BCUT2D eigenvalue weighted by Gasteiger charge is 2.48. The number of ketones is 1. The van der Waals surface area contributed by atoms with E-state index in [0.717, 1.165) is 5.56 Å². The summed E-state index contributed by atoms with van der Waals surface area (Å²) in [6.45, 7) is 0. The third-order valence-electron chi connectivity index (χ3n) is 6.09. The van der Waals surface area contributed by atoms with Crippen LogP contribution in [0.25, 0.3) is 0 Å². The molecule has 4 atom stereocenters. The Morgan fingerprint density at radius 1 is 0.909 bits per heavy atom. The summed E-state index contributed by atoms with van der Waals surface area (Å²) in [7, 11) is 1.18. The number of methoxy groups -OCH3 is 1. The largest absolute Gasteiger partial charge is 0.467 e. The van der Waals surface area contributed by atoms with Crippen molar-refractivity contribution < 1.29 is 29.0 Å². The molecule has 0 amide bonds. The zero-order valence-corrected chi connectivity index (χ0v) is 18.1. The average Bonchev–Trinajstić information content (AvgIpc) is 2.86. The van der Waals surface area contributed by atoms with Crippen LogP contribution in [0.5, 0.6) is 5.75 Å². The first-order valence-electron chi connectivity index (χ1n) is 10.7. The number of hydrogen-bond donors (Lipinski definition) is 1. The molecular formula is C27H24O6. The number of para-hydroxylation sites is 1. The Kier molecular flexibility index (Phi) is 6.66. The van der Waals surface area contributed by atoms with Crippen LogP contribution in [-0.4, -0.2) is 36.0 Å². The number of fused-ring (bicyclic) bond motifs is 1. The standard InChI is InChI=1S/C27H24O6/c1-32-27(31)25(29)23-19-14-8-9-15-22(19)33-26(30)24(23)20(17-10-4-2-5-11-17)16-21(28)18-12-6-3-7-13-18/h2-15,20,23-25,29H,16H2,1H3/t20-,23-,24+,25+/m0/s1. The fraction of sp³-hybridized carbons (Fsp3) is 0.222. The van der Waals surface area contributed by atoms with Crippen molar-refractivity contribution >= 4 is 17.7 Å². The van der Waals surface area contributed by atoms with Gasteiger partial charge >= 0.3 is 11.9 Å². The fourth-order valence-electron chi connectivity index (χ4n) is 4.51. The molecule has 1 aliphatic rings. The second kappa shape index (κ2) is 9.79. The molecule has 3 aromatic carbocycles. The van der Waals surface area contributed by atoms with Crippen LogP contribution < -0.4 is 4.74 Å². The molecule has 0 aromatic heterocycles. The molecule has 0 spiro atoms. The monoisotopic (exact) mass is 444 g/mol. The molecule has 33 heavy (non-hydrogen) atoms. The van der Waals surface area contributed by atoms with E-state index in [9.17, 15) is 19.5 Å². The molecule has 0 bridgehead atoms. The van der Waals surface area contributed by atoms with Crippen molar-refractivity contribution in [3.63, 3.8) is 0 Å². The van der Waals surface area contributed by atoms with E-state index in [-0.39, 0.29) is 18.0 Å². The number of carbonyl (C=O) groups is 3. The quantitative estimate of drug-likeness (QED) is 0.338. The minimum atomic E-state index is -1.60. The molecular weight excluding hydrogens is 420 g/mol. The molecule has 4 rings (SSSR count). The number of ether oxygens (including phenoxy) is 2. The Morgan fingerprint density at radius 2 is 1.52 bits per heavy atom. The topological polar surface area (TPSA) is 89.9 Å². The molecule has 1 aliphatic heterocycles. The Bertz CT molecular complexity index is 1140. The Balaban J connectivity index is 1.82. The molecule has 0 aliphatic carbocycles. The first-order chi connectivity index (χ1) is 16.0. The van der Waals surface area contributed by atoms with Crippen LogP contribution in [0.15, 0.2) is 84.9 Å². The van der Waals surface area contributed by atoms with Crippen molar-refractivity contribution in [1.82, 2.24) is 0 Å². The van der Waals surface area contributed by atoms with Crippen molar-refractivity contribution in [2.45, 2.75) is 24.4 Å². The Hall–Kier alpha value is -3.77. The third-order valence-corrected chi connectivity index (χ3v) is 6.09. The van der Waals surface area contributed by atoms with Crippen LogP contribution in [0.2, 0.25) is 0 Å². The van der Waals surface area contributed by atoms with Gasteiger partial charge in [0.1, 0.15) is 5.75 Å². The number of carbonyl (C=O) groups excluding carboxylic acids is 3. The summed E-state index contributed by atoms with van der Waals surface area (Å²) in [6, 6.07) is 24.8. The van der Waals surface area contributed by atoms with E-state index in [4.69, 9.17) is 9.47 Å². The number of aliphatic hydroxyl groups is 1. The molecule has 168 valence electrons. The Labute approximate surface area is 191 Å². The predicted molar refractivity (Wildman–Crippen MR) is 121 cm³/mol. The molecule has 0 saturated heterocycles. The molecule has 0 saturated carbocycles. The van der Waals surface area contributed by atoms with Gasteiger partial charge in [0.25, 0.3) is 0 Å². The normalized spacial score (nSPS) is 19.0. The molecule has 0 fully saturated rings. The zero-order valence-electron chi connectivity index (χ0n) is 18.1. The molecule has 1 N–H and O–H groups in total.